The molecule has 1 fully saturated rings. The normalized spacial score (nSPS) is 14.6. The number of ether oxygens (including phenoxy) is 1. The van der Waals surface area contributed by atoms with Gasteiger partial charge in [0.15, 0.2) is 5.16 Å². The third-order valence-electron chi connectivity index (χ3n) is 4.97. The molecule has 27 heavy (non-hydrogen) atoms. The van der Waals surface area contributed by atoms with E-state index in [1.807, 2.05) is 24.3 Å². The van der Waals surface area contributed by atoms with Crippen molar-refractivity contribution in [1.29, 1.82) is 0 Å². The van der Waals surface area contributed by atoms with Crippen LogP contribution in [0.5, 0.6) is 0 Å². The number of hydrogen-bond acceptors (Lipinski definition) is 5. The van der Waals surface area contributed by atoms with Crippen LogP contribution in [0.4, 0.5) is 0 Å². The first kappa shape index (κ1) is 19.9. The molecule has 2 aromatic rings. The lowest BCUT2D eigenvalue weighted by Gasteiger charge is -2.16. The molecule has 146 valence electrons. The minimum atomic E-state index is -0.0463. The van der Waals surface area contributed by atoms with Gasteiger partial charge < -0.3 is 14.6 Å². The summed E-state index contributed by atoms with van der Waals surface area (Å²) in [5.74, 6) is 0.998. The number of benzene rings is 1. The molecule has 0 spiro atoms. The average Bonchev–Trinajstić information content (AvgIpc) is 3.34. The van der Waals surface area contributed by atoms with Crippen LogP contribution in [0.3, 0.4) is 0 Å². The summed E-state index contributed by atoms with van der Waals surface area (Å²) in [6.45, 7) is 1.13. The number of carbonyl (C=O) groups is 1. The van der Waals surface area contributed by atoms with E-state index in [1.54, 1.807) is 18.9 Å². The fourth-order valence-electron chi connectivity index (χ4n) is 3.67. The number of hydrogen-bond donors (Lipinski definition) is 1. The van der Waals surface area contributed by atoms with Gasteiger partial charge in [-0.3, -0.25) is 4.79 Å². The van der Waals surface area contributed by atoms with E-state index in [1.165, 1.54) is 25.7 Å². The minimum absolute atomic E-state index is 0.0463. The number of aryl methyl sites for hydroxylation is 1. The number of methoxy groups -OCH3 is 1. The zero-order valence-electron chi connectivity index (χ0n) is 16.1. The summed E-state index contributed by atoms with van der Waals surface area (Å²) in [5.41, 5.74) is 1.67. The van der Waals surface area contributed by atoms with Crippen molar-refractivity contribution in [1.82, 2.24) is 20.1 Å². The quantitative estimate of drug-likeness (QED) is 0.525. The van der Waals surface area contributed by atoms with Crippen LogP contribution < -0.4 is 5.32 Å². The molecule has 1 aliphatic rings. The van der Waals surface area contributed by atoms with Gasteiger partial charge in [-0.05, 0) is 43.2 Å². The van der Waals surface area contributed by atoms with Crippen LogP contribution in [0.2, 0.25) is 0 Å². The van der Waals surface area contributed by atoms with Crippen LogP contribution in [0.1, 0.15) is 59.9 Å². The largest absolute Gasteiger partial charge is 0.380 e. The predicted octanol–water partition coefficient (Wildman–Crippen LogP) is 3.62. The van der Waals surface area contributed by atoms with Gasteiger partial charge in [-0.15, -0.1) is 10.2 Å². The fourth-order valence-corrected chi connectivity index (χ4v) is 4.24. The molecule has 0 aliphatic heterocycles. The Morgan fingerprint density at radius 3 is 2.89 bits per heavy atom. The van der Waals surface area contributed by atoms with Crippen molar-refractivity contribution >= 4 is 17.7 Å². The number of thioether (sulfide) groups is 1. The van der Waals surface area contributed by atoms with Crippen molar-refractivity contribution < 1.29 is 9.53 Å². The summed E-state index contributed by atoms with van der Waals surface area (Å²) < 4.78 is 7.45. The zero-order chi connectivity index (χ0) is 19.1. The van der Waals surface area contributed by atoms with E-state index < -0.39 is 0 Å². The van der Waals surface area contributed by atoms with E-state index in [-0.39, 0.29) is 5.91 Å². The Bertz CT molecular complexity index is 756. The molecule has 1 heterocycles. The summed E-state index contributed by atoms with van der Waals surface area (Å²) in [6, 6.07) is 8.09. The first-order valence-electron chi connectivity index (χ1n) is 9.56. The molecule has 6 nitrogen and oxygen atoms in total. The van der Waals surface area contributed by atoms with Crippen LogP contribution in [0, 0.1) is 0 Å². The Kier molecular flexibility index (Phi) is 7.29. The first-order valence-corrected chi connectivity index (χ1v) is 10.8. The van der Waals surface area contributed by atoms with Crippen LogP contribution >= 0.6 is 11.8 Å². The molecule has 0 radical (unpaired) electrons. The van der Waals surface area contributed by atoms with Crippen molar-refractivity contribution in [3.8, 4) is 0 Å². The standard InChI is InChI=1S/C20H28N4O2S/c1-26-14-15-7-5-8-16(13-15)19(25)21-12-6-11-18-22-23-20(27-2)24(18)17-9-3-4-10-17/h5,7-8,13,17H,3-4,6,9-12,14H2,1-2H3,(H,21,25). The molecule has 1 N–H and O–H groups in total. The van der Waals surface area contributed by atoms with Crippen LogP contribution in [-0.4, -0.2) is 40.6 Å². The Labute approximate surface area is 165 Å². The lowest BCUT2D eigenvalue weighted by molar-refractivity contribution is 0.0952. The van der Waals surface area contributed by atoms with Gasteiger partial charge in [-0.25, -0.2) is 0 Å². The molecule has 7 heteroatoms. The molecule has 1 amide bonds. The second kappa shape index (κ2) is 9.90. The number of amides is 1. The lowest BCUT2D eigenvalue weighted by Crippen LogP contribution is -2.25. The first-order chi connectivity index (χ1) is 13.2. The molecule has 3 rings (SSSR count). The van der Waals surface area contributed by atoms with Gasteiger partial charge in [0.25, 0.3) is 5.91 Å². The predicted molar refractivity (Wildman–Crippen MR) is 107 cm³/mol. The van der Waals surface area contributed by atoms with Gasteiger partial charge >= 0.3 is 0 Å². The minimum Gasteiger partial charge on any atom is -0.380 e. The Morgan fingerprint density at radius 1 is 1.33 bits per heavy atom. The highest BCUT2D eigenvalue weighted by molar-refractivity contribution is 7.98. The van der Waals surface area contributed by atoms with Gasteiger partial charge in [0, 0.05) is 31.7 Å². The number of rotatable bonds is 9. The summed E-state index contributed by atoms with van der Waals surface area (Å²) in [6.07, 6.45) is 8.73. The maximum Gasteiger partial charge on any atom is 0.251 e. The second-order valence-electron chi connectivity index (χ2n) is 6.90. The van der Waals surface area contributed by atoms with E-state index >= 15 is 0 Å². The van der Waals surface area contributed by atoms with Gasteiger partial charge in [-0.2, -0.15) is 0 Å². The van der Waals surface area contributed by atoms with Crippen LogP contribution in [0.15, 0.2) is 29.4 Å². The summed E-state index contributed by atoms with van der Waals surface area (Å²) in [5, 5.41) is 12.8. The number of carbonyl (C=O) groups excluding carboxylic acids is 1. The van der Waals surface area contributed by atoms with E-state index in [0.29, 0.717) is 24.8 Å². The highest BCUT2D eigenvalue weighted by Gasteiger charge is 2.23. The lowest BCUT2D eigenvalue weighted by atomic mass is 10.1. The Balaban J connectivity index is 1.52. The van der Waals surface area contributed by atoms with E-state index in [4.69, 9.17) is 4.74 Å². The van der Waals surface area contributed by atoms with E-state index in [0.717, 1.165) is 29.4 Å². The smallest absolute Gasteiger partial charge is 0.251 e. The summed E-state index contributed by atoms with van der Waals surface area (Å²) >= 11 is 1.66. The summed E-state index contributed by atoms with van der Waals surface area (Å²) in [4.78, 5) is 12.4. The van der Waals surface area contributed by atoms with Crippen molar-refractivity contribution in [2.45, 2.75) is 56.3 Å². The molecule has 1 saturated carbocycles. The van der Waals surface area contributed by atoms with Gasteiger partial charge in [0.1, 0.15) is 5.82 Å². The average molecular weight is 389 g/mol. The zero-order valence-corrected chi connectivity index (χ0v) is 16.9. The molecule has 0 saturated heterocycles. The SMILES string of the molecule is COCc1cccc(C(=O)NCCCc2nnc(SC)n2C2CCCC2)c1. The molecular weight excluding hydrogens is 360 g/mol. The van der Waals surface area contributed by atoms with E-state index in [9.17, 15) is 4.79 Å². The number of nitrogens with zero attached hydrogens (tertiary/aromatic N) is 3. The third kappa shape index (κ3) is 5.11. The molecule has 1 aromatic carbocycles. The molecule has 0 atom stereocenters. The molecule has 0 unspecified atom stereocenters. The fraction of sp³-hybridized carbons (Fsp3) is 0.550. The third-order valence-corrected chi connectivity index (χ3v) is 5.61. The van der Waals surface area contributed by atoms with Gasteiger partial charge in [0.2, 0.25) is 0 Å². The van der Waals surface area contributed by atoms with Crippen molar-refractivity contribution in [3.63, 3.8) is 0 Å². The number of nitrogens with one attached hydrogen (secondary N) is 1. The maximum absolute atomic E-state index is 12.4. The van der Waals surface area contributed by atoms with E-state index in [2.05, 4.69) is 26.3 Å². The maximum atomic E-state index is 12.4. The topological polar surface area (TPSA) is 69.0 Å². The van der Waals surface area contributed by atoms with Gasteiger partial charge in [0.05, 0.1) is 6.61 Å². The highest BCUT2D eigenvalue weighted by Crippen LogP contribution is 2.33. The molecule has 1 aliphatic carbocycles. The highest BCUT2D eigenvalue weighted by atomic mass is 32.2. The Hall–Kier alpha value is -1.86. The molecular formula is C20H28N4O2S. The van der Waals surface area contributed by atoms with Crippen molar-refractivity contribution in [3.05, 3.63) is 41.2 Å². The molecule has 0 bridgehead atoms. The van der Waals surface area contributed by atoms with Crippen molar-refractivity contribution in [2.24, 2.45) is 0 Å². The monoisotopic (exact) mass is 388 g/mol. The van der Waals surface area contributed by atoms with Gasteiger partial charge in [-0.1, -0.05) is 36.7 Å². The van der Waals surface area contributed by atoms with Crippen LogP contribution in [0.25, 0.3) is 0 Å². The van der Waals surface area contributed by atoms with Crippen molar-refractivity contribution in [2.75, 3.05) is 19.9 Å². The Morgan fingerprint density at radius 2 is 2.15 bits per heavy atom. The molecule has 1 aromatic heterocycles. The summed E-state index contributed by atoms with van der Waals surface area (Å²) in [7, 11) is 1.65. The van der Waals surface area contributed by atoms with Crippen LogP contribution in [-0.2, 0) is 17.8 Å². The number of aromatic nitrogens is 3. The second-order valence-corrected chi connectivity index (χ2v) is 7.68.